The minimum atomic E-state index is -0.141. The average Bonchev–Trinajstić information content (AvgIpc) is 3.15. The number of aromatic nitrogens is 2. The largest absolute Gasteiger partial charge is 0.479 e. The van der Waals surface area contributed by atoms with Crippen LogP contribution in [0.5, 0.6) is 5.75 Å². The van der Waals surface area contributed by atoms with E-state index in [0.29, 0.717) is 11.4 Å². The lowest BCUT2D eigenvalue weighted by atomic mass is 10.1. The normalized spacial score (nSPS) is 10.3. The van der Waals surface area contributed by atoms with Crippen LogP contribution in [0.4, 0.5) is 5.69 Å². The zero-order chi connectivity index (χ0) is 19.9. The Labute approximate surface area is 168 Å². The second-order valence-electron chi connectivity index (χ2n) is 6.11. The third-order valence-electron chi connectivity index (χ3n) is 4.20. The minimum Gasteiger partial charge on any atom is -0.479 e. The lowest BCUT2D eigenvalue weighted by Crippen LogP contribution is -2.14. The highest BCUT2D eigenvalue weighted by atomic mass is 32.2. The first-order valence-electron chi connectivity index (χ1n) is 8.71. The van der Waals surface area contributed by atoms with E-state index < -0.39 is 0 Å². The first kappa shape index (κ1) is 19.5. The molecule has 0 unspecified atom stereocenters. The van der Waals surface area contributed by atoms with Gasteiger partial charge in [-0.05, 0) is 43.2 Å². The number of thioether (sulfide) groups is 1. The number of nitriles is 1. The number of benzene rings is 2. The molecule has 1 aromatic heterocycles. The molecule has 3 aromatic rings. The molecule has 0 bridgehead atoms. The number of nitrogens with one attached hydrogen (secondary N) is 1. The fourth-order valence-electron chi connectivity index (χ4n) is 2.68. The van der Waals surface area contributed by atoms with E-state index in [1.54, 1.807) is 30.5 Å². The first-order valence-corrected chi connectivity index (χ1v) is 9.69. The van der Waals surface area contributed by atoms with Crippen LogP contribution in [0.25, 0.3) is 5.69 Å². The summed E-state index contributed by atoms with van der Waals surface area (Å²) in [7, 11) is 0. The van der Waals surface area contributed by atoms with Crippen LogP contribution < -0.4 is 10.1 Å². The summed E-state index contributed by atoms with van der Waals surface area (Å²) in [4.78, 5) is 16.7. The molecular weight excluding hydrogens is 372 g/mol. The van der Waals surface area contributed by atoms with Crippen LogP contribution in [0.1, 0.15) is 11.1 Å². The highest BCUT2D eigenvalue weighted by molar-refractivity contribution is 7.99. The van der Waals surface area contributed by atoms with Gasteiger partial charge in [-0.1, -0.05) is 30.0 Å². The number of carbonyl (C=O) groups excluding carboxylic acids is 1. The van der Waals surface area contributed by atoms with Crippen molar-refractivity contribution in [3.8, 4) is 17.5 Å². The maximum atomic E-state index is 12.3. The first-order chi connectivity index (χ1) is 13.6. The maximum absolute atomic E-state index is 12.3. The lowest BCUT2D eigenvalue weighted by Gasteiger charge is -2.12. The zero-order valence-corrected chi connectivity index (χ0v) is 16.5. The zero-order valence-electron chi connectivity index (χ0n) is 15.7. The van der Waals surface area contributed by atoms with Gasteiger partial charge in [-0.2, -0.15) is 5.26 Å². The number of imidazole rings is 1. The quantitative estimate of drug-likeness (QED) is 0.612. The van der Waals surface area contributed by atoms with Crippen LogP contribution in [0.3, 0.4) is 0 Å². The van der Waals surface area contributed by atoms with Gasteiger partial charge in [0.1, 0.15) is 11.8 Å². The molecule has 1 heterocycles. The molecule has 6 nitrogen and oxygen atoms in total. The number of carbonyl (C=O) groups is 1. The molecule has 0 saturated heterocycles. The number of ether oxygens (including phenoxy) is 1. The molecular formula is C21H20N4O2S. The number of aryl methyl sites for hydroxylation is 1. The molecule has 0 fully saturated rings. The van der Waals surface area contributed by atoms with E-state index in [-0.39, 0.29) is 18.3 Å². The molecule has 0 atom stereocenters. The molecule has 0 aliphatic carbocycles. The van der Waals surface area contributed by atoms with Gasteiger partial charge in [0.25, 0.3) is 0 Å². The van der Waals surface area contributed by atoms with Crippen molar-refractivity contribution in [1.29, 1.82) is 5.26 Å². The van der Waals surface area contributed by atoms with Crippen LogP contribution in [-0.2, 0) is 4.79 Å². The van der Waals surface area contributed by atoms with Crippen molar-refractivity contribution in [2.45, 2.75) is 19.0 Å². The number of nitrogens with zero attached hydrogens (tertiary/aromatic N) is 3. The standard InChI is InChI=1S/C21H20N4O2S/c1-15-5-3-8-19(16(15)2)25-11-10-23-21(25)28-14-20(26)24-17-6-4-7-18(13-17)27-12-9-22/h3-8,10-11,13H,12,14H2,1-2H3,(H,24,26). The molecule has 7 heteroatoms. The summed E-state index contributed by atoms with van der Waals surface area (Å²) >= 11 is 1.37. The Morgan fingerprint density at radius 3 is 2.93 bits per heavy atom. The molecule has 0 spiro atoms. The number of rotatable bonds is 7. The van der Waals surface area contributed by atoms with Crippen molar-refractivity contribution < 1.29 is 9.53 Å². The molecule has 142 valence electrons. The number of hydrogen-bond donors (Lipinski definition) is 1. The molecule has 1 amide bonds. The molecule has 0 radical (unpaired) electrons. The van der Waals surface area contributed by atoms with Gasteiger partial charge < -0.3 is 10.1 Å². The summed E-state index contributed by atoms with van der Waals surface area (Å²) in [6.07, 6.45) is 3.63. The van der Waals surface area contributed by atoms with Crippen LogP contribution in [0, 0.1) is 25.2 Å². The van der Waals surface area contributed by atoms with Gasteiger partial charge in [0.2, 0.25) is 5.91 Å². The molecule has 28 heavy (non-hydrogen) atoms. The maximum Gasteiger partial charge on any atom is 0.234 e. The van der Waals surface area contributed by atoms with Gasteiger partial charge in [-0.25, -0.2) is 4.98 Å². The Balaban J connectivity index is 1.64. The molecule has 0 aliphatic heterocycles. The van der Waals surface area contributed by atoms with Crippen LogP contribution >= 0.6 is 11.8 Å². The van der Waals surface area contributed by atoms with E-state index in [0.717, 1.165) is 10.8 Å². The highest BCUT2D eigenvalue weighted by Gasteiger charge is 2.11. The second kappa shape index (κ2) is 9.11. The topological polar surface area (TPSA) is 79.9 Å². The number of hydrogen-bond acceptors (Lipinski definition) is 5. The van der Waals surface area contributed by atoms with E-state index in [9.17, 15) is 4.79 Å². The van der Waals surface area contributed by atoms with Gasteiger partial charge in [0, 0.05) is 24.1 Å². The van der Waals surface area contributed by atoms with E-state index in [4.69, 9.17) is 10.00 Å². The lowest BCUT2D eigenvalue weighted by molar-refractivity contribution is -0.113. The van der Waals surface area contributed by atoms with Crippen molar-refractivity contribution in [2.75, 3.05) is 17.7 Å². The molecule has 0 aliphatic rings. The molecule has 0 saturated carbocycles. The predicted octanol–water partition coefficient (Wildman–Crippen LogP) is 4.12. The van der Waals surface area contributed by atoms with Crippen molar-refractivity contribution in [1.82, 2.24) is 9.55 Å². The second-order valence-corrected chi connectivity index (χ2v) is 7.05. The Bertz CT molecular complexity index is 1020. The summed E-state index contributed by atoms with van der Waals surface area (Å²) in [6, 6.07) is 15.0. The SMILES string of the molecule is Cc1cccc(-n2ccnc2SCC(=O)Nc2cccc(OCC#N)c2)c1C. The smallest absolute Gasteiger partial charge is 0.234 e. The third-order valence-corrected chi connectivity index (χ3v) is 5.16. The van der Waals surface area contributed by atoms with E-state index >= 15 is 0 Å². The van der Waals surface area contributed by atoms with E-state index in [1.807, 2.05) is 29.0 Å². The number of anilines is 1. The van der Waals surface area contributed by atoms with Crippen LogP contribution in [0.2, 0.25) is 0 Å². The van der Waals surface area contributed by atoms with Gasteiger partial charge in [0.15, 0.2) is 11.8 Å². The van der Waals surface area contributed by atoms with Crippen molar-refractivity contribution in [2.24, 2.45) is 0 Å². The summed E-state index contributed by atoms with van der Waals surface area (Å²) in [6.45, 7) is 4.12. The Morgan fingerprint density at radius 1 is 1.29 bits per heavy atom. The van der Waals surface area contributed by atoms with Gasteiger partial charge in [-0.15, -0.1) is 0 Å². The van der Waals surface area contributed by atoms with Crippen molar-refractivity contribution in [3.05, 3.63) is 66.0 Å². The molecule has 1 N–H and O–H groups in total. The monoisotopic (exact) mass is 392 g/mol. The van der Waals surface area contributed by atoms with Crippen molar-refractivity contribution in [3.63, 3.8) is 0 Å². The van der Waals surface area contributed by atoms with E-state index in [1.165, 1.54) is 22.9 Å². The highest BCUT2D eigenvalue weighted by Crippen LogP contribution is 2.24. The predicted molar refractivity (Wildman–Crippen MR) is 110 cm³/mol. The van der Waals surface area contributed by atoms with Gasteiger partial charge in [-0.3, -0.25) is 9.36 Å². The average molecular weight is 392 g/mol. The summed E-state index contributed by atoms with van der Waals surface area (Å²) in [5, 5.41) is 12.2. The Morgan fingerprint density at radius 2 is 2.11 bits per heavy atom. The molecule has 2 aromatic carbocycles. The summed E-state index contributed by atoms with van der Waals surface area (Å²) in [5.74, 6) is 0.626. The van der Waals surface area contributed by atoms with Crippen LogP contribution in [0.15, 0.2) is 60.0 Å². The fourth-order valence-corrected chi connectivity index (χ4v) is 3.45. The summed E-state index contributed by atoms with van der Waals surface area (Å²) in [5.41, 5.74) is 4.07. The molecule has 3 rings (SSSR count). The van der Waals surface area contributed by atoms with Gasteiger partial charge in [0.05, 0.1) is 11.4 Å². The Kier molecular flexibility index (Phi) is 6.35. The number of amides is 1. The Hall–Kier alpha value is -3.24. The van der Waals surface area contributed by atoms with Crippen molar-refractivity contribution >= 4 is 23.4 Å². The minimum absolute atomic E-state index is 0.0334. The third kappa shape index (κ3) is 4.72. The summed E-state index contributed by atoms with van der Waals surface area (Å²) < 4.78 is 7.25. The fraction of sp³-hybridized carbons (Fsp3) is 0.190. The van der Waals surface area contributed by atoms with E-state index in [2.05, 4.69) is 30.2 Å². The van der Waals surface area contributed by atoms with Crippen LogP contribution in [-0.4, -0.2) is 27.8 Å². The van der Waals surface area contributed by atoms with Gasteiger partial charge >= 0.3 is 0 Å².